The number of ether oxygens (including phenoxy) is 1. The molecule has 18 heavy (non-hydrogen) atoms. The molecule has 2 N–H and O–H groups in total. The Labute approximate surface area is 110 Å². The van der Waals surface area contributed by atoms with Gasteiger partial charge in [0.2, 0.25) is 0 Å². The maximum absolute atomic E-state index is 9.67. The number of aromatic hydroxyl groups is 1. The highest BCUT2D eigenvalue weighted by Gasteiger charge is 2.06. The molecule has 0 unspecified atom stereocenters. The van der Waals surface area contributed by atoms with Crippen LogP contribution in [0.3, 0.4) is 0 Å². The first-order valence-corrected chi connectivity index (χ1v) is 6.45. The lowest BCUT2D eigenvalue weighted by atomic mass is 10.2. The number of aryl methyl sites for hydroxylation is 2. The average Bonchev–Trinajstić information content (AvgIpc) is 2.65. The molecule has 0 saturated heterocycles. The minimum Gasteiger partial charge on any atom is -0.504 e. The highest BCUT2D eigenvalue weighted by Crippen LogP contribution is 2.29. The zero-order valence-electron chi connectivity index (χ0n) is 10.7. The number of thiazole rings is 1. The third-order valence-corrected chi connectivity index (χ3v) is 3.70. The van der Waals surface area contributed by atoms with Crippen molar-refractivity contribution in [1.82, 2.24) is 4.98 Å². The van der Waals surface area contributed by atoms with Gasteiger partial charge in [0.15, 0.2) is 11.5 Å². The third kappa shape index (κ3) is 2.73. The summed E-state index contributed by atoms with van der Waals surface area (Å²) in [5, 5.41) is 14.0. The molecule has 0 saturated carbocycles. The van der Waals surface area contributed by atoms with E-state index in [-0.39, 0.29) is 5.75 Å². The van der Waals surface area contributed by atoms with Crippen LogP contribution in [0.5, 0.6) is 11.5 Å². The molecule has 0 aliphatic rings. The van der Waals surface area contributed by atoms with Crippen molar-refractivity contribution in [2.45, 2.75) is 20.4 Å². The monoisotopic (exact) mass is 264 g/mol. The van der Waals surface area contributed by atoms with Gasteiger partial charge in [0.05, 0.1) is 24.4 Å². The van der Waals surface area contributed by atoms with Crippen LogP contribution in [0.15, 0.2) is 18.2 Å². The van der Waals surface area contributed by atoms with Gasteiger partial charge < -0.3 is 15.2 Å². The van der Waals surface area contributed by atoms with Crippen LogP contribution in [-0.4, -0.2) is 17.2 Å². The van der Waals surface area contributed by atoms with Crippen LogP contribution in [0, 0.1) is 13.8 Å². The van der Waals surface area contributed by atoms with Crippen LogP contribution in [-0.2, 0) is 6.54 Å². The van der Waals surface area contributed by atoms with E-state index in [2.05, 4.69) is 10.3 Å². The Bertz CT molecular complexity index is 552. The highest BCUT2D eigenvalue weighted by molar-refractivity contribution is 7.11. The molecule has 0 bridgehead atoms. The van der Waals surface area contributed by atoms with Crippen molar-refractivity contribution in [3.63, 3.8) is 0 Å². The molecule has 1 heterocycles. The van der Waals surface area contributed by atoms with E-state index in [1.807, 2.05) is 19.9 Å². The maximum atomic E-state index is 9.67. The normalized spacial score (nSPS) is 10.4. The van der Waals surface area contributed by atoms with E-state index in [1.54, 1.807) is 23.5 Å². The van der Waals surface area contributed by atoms with E-state index < -0.39 is 0 Å². The van der Waals surface area contributed by atoms with E-state index >= 15 is 0 Å². The topological polar surface area (TPSA) is 54.4 Å². The largest absolute Gasteiger partial charge is 0.504 e. The number of phenols is 1. The van der Waals surface area contributed by atoms with Gasteiger partial charge in [-0.25, -0.2) is 4.98 Å². The van der Waals surface area contributed by atoms with Gasteiger partial charge in [0, 0.05) is 16.6 Å². The van der Waals surface area contributed by atoms with E-state index in [9.17, 15) is 5.11 Å². The van der Waals surface area contributed by atoms with E-state index in [1.165, 1.54) is 12.0 Å². The molecule has 0 spiro atoms. The average molecular weight is 264 g/mol. The fourth-order valence-corrected chi connectivity index (χ4v) is 2.60. The van der Waals surface area contributed by atoms with Gasteiger partial charge in [-0.05, 0) is 26.0 Å². The molecule has 1 aromatic heterocycles. The van der Waals surface area contributed by atoms with Crippen LogP contribution >= 0.6 is 11.3 Å². The summed E-state index contributed by atoms with van der Waals surface area (Å²) in [6, 6.07) is 5.27. The zero-order chi connectivity index (χ0) is 13.1. The lowest BCUT2D eigenvalue weighted by Gasteiger charge is -2.08. The zero-order valence-corrected chi connectivity index (χ0v) is 11.5. The molecular weight excluding hydrogens is 248 g/mol. The Morgan fingerprint density at radius 1 is 1.39 bits per heavy atom. The molecule has 0 fully saturated rings. The number of nitrogens with zero attached hydrogens (tertiary/aromatic N) is 1. The van der Waals surface area contributed by atoms with Gasteiger partial charge in [0.25, 0.3) is 0 Å². The molecule has 5 heteroatoms. The van der Waals surface area contributed by atoms with Crippen molar-refractivity contribution in [1.29, 1.82) is 0 Å². The Kier molecular flexibility index (Phi) is 3.72. The molecular formula is C13H16N2O2S. The van der Waals surface area contributed by atoms with Gasteiger partial charge in [-0.1, -0.05) is 0 Å². The summed E-state index contributed by atoms with van der Waals surface area (Å²) in [6.45, 7) is 4.72. The van der Waals surface area contributed by atoms with Crippen LogP contribution in [0.1, 0.15) is 15.6 Å². The number of hydrogen-bond donors (Lipinski definition) is 2. The molecule has 0 radical (unpaired) electrons. The summed E-state index contributed by atoms with van der Waals surface area (Å²) >= 11 is 1.68. The maximum Gasteiger partial charge on any atom is 0.160 e. The first kappa shape index (κ1) is 12.7. The number of methoxy groups -OCH3 is 1. The first-order chi connectivity index (χ1) is 8.60. The van der Waals surface area contributed by atoms with Gasteiger partial charge >= 0.3 is 0 Å². The molecule has 96 valence electrons. The lowest BCUT2D eigenvalue weighted by Crippen LogP contribution is -1.99. The summed E-state index contributed by atoms with van der Waals surface area (Å²) in [5.74, 6) is 0.616. The third-order valence-electron chi connectivity index (χ3n) is 2.63. The van der Waals surface area contributed by atoms with Crippen LogP contribution < -0.4 is 10.1 Å². The minimum atomic E-state index is 0.139. The Hall–Kier alpha value is -1.75. The van der Waals surface area contributed by atoms with Crippen molar-refractivity contribution >= 4 is 17.0 Å². The first-order valence-electron chi connectivity index (χ1n) is 5.64. The van der Waals surface area contributed by atoms with Crippen LogP contribution in [0.4, 0.5) is 5.69 Å². The number of nitrogens with one attached hydrogen (secondary N) is 1. The van der Waals surface area contributed by atoms with Crippen molar-refractivity contribution < 1.29 is 9.84 Å². The Morgan fingerprint density at radius 2 is 2.17 bits per heavy atom. The number of anilines is 1. The molecule has 4 nitrogen and oxygen atoms in total. The SMILES string of the molecule is COc1ccc(NCc2sc(C)nc2C)cc1O. The smallest absolute Gasteiger partial charge is 0.160 e. The van der Waals surface area contributed by atoms with Gasteiger partial charge in [-0.3, -0.25) is 0 Å². The molecule has 0 atom stereocenters. The van der Waals surface area contributed by atoms with Gasteiger partial charge in [0.1, 0.15) is 0 Å². The van der Waals surface area contributed by atoms with Crippen molar-refractivity contribution in [3.05, 3.63) is 33.8 Å². The van der Waals surface area contributed by atoms with E-state index in [0.29, 0.717) is 12.3 Å². The van der Waals surface area contributed by atoms with Crippen LogP contribution in [0.2, 0.25) is 0 Å². The number of aromatic nitrogens is 1. The second-order valence-corrected chi connectivity index (χ2v) is 5.27. The van der Waals surface area contributed by atoms with Crippen LogP contribution in [0.25, 0.3) is 0 Å². The molecule has 1 aromatic carbocycles. The second kappa shape index (κ2) is 5.27. The second-order valence-electron chi connectivity index (χ2n) is 3.98. The summed E-state index contributed by atoms with van der Waals surface area (Å²) in [4.78, 5) is 5.59. The Morgan fingerprint density at radius 3 is 2.72 bits per heavy atom. The minimum absolute atomic E-state index is 0.139. The van der Waals surface area contributed by atoms with Gasteiger partial charge in [-0.15, -0.1) is 11.3 Å². The van der Waals surface area contributed by atoms with E-state index in [4.69, 9.17) is 4.74 Å². The summed E-state index contributed by atoms with van der Waals surface area (Å²) in [5.41, 5.74) is 1.92. The highest BCUT2D eigenvalue weighted by atomic mass is 32.1. The number of rotatable bonds is 4. The predicted octanol–water partition coefficient (Wildman–Crippen LogP) is 3.09. The van der Waals surface area contributed by atoms with E-state index in [0.717, 1.165) is 16.4 Å². The molecule has 2 aromatic rings. The Balaban J connectivity index is 2.06. The fraction of sp³-hybridized carbons (Fsp3) is 0.308. The fourth-order valence-electron chi connectivity index (χ4n) is 1.72. The number of phenolic OH excluding ortho intramolecular Hbond substituents is 1. The quantitative estimate of drug-likeness (QED) is 0.891. The summed E-state index contributed by atoms with van der Waals surface area (Å²) in [7, 11) is 1.53. The standard InChI is InChI=1S/C13H16N2O2S/c1-8-13(18-9(2)15-8)7-14-10-4-5-12(17-3)11(16)6-10/h4-6,14,16H,7H2,1-3H3. The molecule has 0 aliphatic carbocycles. The number of benzene rings is 1. The lowest BCUT2D eigenvalue weighted by molar-refractivity contribution is 0.373. The molecule has 0 aliphatic heterocycles. The van der Waals surface area contributed by atoms with Crippen molar-refractivity contribution in [2.24, 2.45) is 0 Å². The number of hydrogen-bond acceptors (Lipinski definition) is 5. The summed E-state index contributed by atoms with van der Waals surface area (Å²) < 4.78 is 5.00. The van der Waals surface area contributed by atoms with Crippen molar-refractivity contribution in [2.75, 3.05) is 12.4 Å². The molecule has 0 amide bonds. The van der Waals surface area contributed by atoms with Gasteiger partial charge in [-0.2, -0.15) is 0 Å². The predicted molar refractivity (Wildman–Crippen MR) is 73.6 cm³/mol. The summed E-state index contributed by atoms with van der Waals surface area (Å²) in [6.07, 6.45) is 0. The molecule has 2 rings (SSSR count). The van der Waals surface area contributed by atoms with Crippen molar-refractivity contribution in [3.8, 4) is 11.5 Å².